The smallest absolute Gasteiger partial charge is 0.0943 e. The maximum Gasteiger partial charge on any atom is 0.0943 e. The molecule has 0 saturated heterocycles. The van der Waals surface area contributed by atoms with E-state index in [2.05, 4.69) is 39.0 Å². The van der Waals surface area contributed by atoms with E-state index in [-0.39, 0.29) is 11.3 Å². The van der Waals surface area contributed by atoms with Crippen molar-refractivity contribution in [2.75, 3.05) is 0 Å². The molecule has 0 spiro atoms. The molecule has 0 aliphatic heterocycles. The highest BCUT2D eigenvalue weighted by Gasteiger charge is 2.61. The van der Waals surface area contributed by atoms with E-state index in [1.807, 2.05) is 12.1 Å². The molecular formula is C18H23NO. The summed E-state index contributed by atoms with van der Waals surface area (Å²) in [6.45, 7) is 6.51. The van der Waals surface area contributed by atoms with Crippen LogP contribution in [-0.2, 0) is 12.8 Å². The first-order chi connectivity index (χ1) is 9.32. The van der Waals surface area contributed by atoms with E-state index in [0.29, 0.717) is 12.8 Å². The minimum Gasteiger partial charge on any atom is -0.388 e. The molecule has 1 N–H and O–H groups in total. The number of nitrogens with zero attached hydrogens (tertiary/aromatic N) is 1. The molecular weight excluding hydrogens is 246 g/mol. The summed E-state index contributed by atoms with van der Waals surface area (Å²) in [7, 11) is 0. The predicted octanol–water partition coefficient (Wildman–Crippen LogP) is 3.48. The zero-order chi connectivity index (χ0) is 14.6. The van der Waals surface area contributed by atoms with Crippen molar-refractivity contribution in [1.82, 2.24) is 0 Å². The minimum absolute atomic E-state index is 0.118. The number of fused-ring (bicyclic) bond motifs is 1. The monoisotopic (exact) mass is 269 g/mol. The van der Waals surface area contributed by atoms with Gasteiger partial charge in [0.25, 0.3) is 0 Å². The number of hydrogen-bond acceptors (Lipinski definition) is 2. The van der Waals surface area contributed by atoms with E-state index in [1.165, 1.54) is 11.1 Å². The summed E-state index contributed by atoms with van der Waals surface area (Å²) >= 11 is 0. The quantitative estimate of drug-likeness (QED) is 0.848. The second kappa shape index (κ2) is 4.09. The van der Waals surface area contributed by atoms with Crippen molar-refractivity contribution in [3.05, 3.63) is 35.4 Å². The van der Waals surface area contributed by atoms with Gasteiger partial charge < -0.3 is 5.11 Å². The standard InChI is InChI=1S/C18H23NO/c1-13-8-16(2,3)11-18(13,20)17(12-19)9-14-6-4-5-7-15(14)10-17/h4-7,13,20H,8-11H2,1-3H3. The fraction of sp³-hybridized carbons (Fsp3) is 0.611. The number of hydrogen-bond donors (Lipinski definition) is 1. The Labute approximate surface area is 121 Å². The Kier molecular flexibility index (Phi) is 2.79. The third-order valence-corrected chi connectivity index (χ3v) is 5.57. The van der Waals surface area contributed by atoms with Crippen LogP contribution in [0.4, 0.5) is 0 Å². The van der Waals surface area contributed by atoms with Crippen LogP contribution in [0.15, 0.2) is 24.3 Å². The van der Waals surface area contributed by atoms with Crippen molar-refractivity contribution >= 4 is 0 Å². The molecule has 2 unspecified atom stereocenters. The van der Waals surface area contributed by atoms with Crippen LogP contribution in [0.3, 0.4) is 0 Å². The van der Waals surface area contributed by atoms with Gasteiger partial charge in [0.15, 0.2) is 0 Å². The van der Waals surface area contributed by atoms with E-state index >= 15 is 0 Å². The van der Waals surface area contributed by atoms with Gasteiger partial charge in [-0.3, -0.25) is 0 Å². The molecule has 0 radical (unpaired) electrons. The molecule has 106 valence electrons. The molecule has 3 rings (SSSR count). The van der Waals surface area contributed by atoms with Crippen LogP contribution in [0.1, 0.15) is 44.7 Å². The van der Waals surface area contributed by atoms with E-state index in [1.54, 1.807) is 0 Å². The first-order valence-electron chi connectivity index (χ1n) is 7.52. The largest absolute Gasteiger partial charge is 0.388 e. The second-order valence-corrected chi connectivity index (χ2v) is 7.69. The summed E-state index contributed by atoms with van der Waals surface area (Å²) in [5.41, 5.74) is 1.07. The third kappa shape index (κ3) is 1.73. The molecule has 2 aliphatic rings. The van der Waals surface area contributed by atoms with Crippen molar-refractivity contribution in [1.29, 1.82) is 5.26 Å². The van der Waals surface area contributed by atoms with Crippen LogP contribution < -0.4 is 0 Å². The Morgan fingerprint density at radius 2 is 1.75 bits per heavy atom. The highest BCUT2D eigenvalue weighted by atomic mass is 16.3. The molecule has 0 amide bonds. The van der Waals surface area contributed by atoms with E-state index in [0.717, 1.165) is 12.8 Å². The minimum atomic E-state index is -0.871. The molecule has 1 aromatic rings. The maximum atomic E-state index is 11.4. The lowest BCUT2D eigenvalue weighted by Crippen LogP contribution is -2.50. The Morgan fingerprint density at radius 3 is 2.15 bits per heavy atom. The maximum absolute atomic E-state index is 11.4. The summed E-state index contributed by atoms with van der Waals surface area (Å²) in [5.74, 6) is 0.173. The molecule has 20 heavy (non-hydrogen) atoms. The lowest BCUT2D eigenvalue weighted by Gasteiger charge is -2.41. The van der Waals surface area contributed by atoms with Gasteiger partial charge in [-0.05, 0) is 48.1 Å². The van der Waals surface area contributed by atoms with Gasteiger partial charge in [-0.1, -0.05) is 45.0 Å². The highest BCUT2D eigenvalue weighted by Crippen LogP contribution is 2.58. The Bertz CT molecular complexity index is 558. The van der Waals surface area contributed by atoms with Crippen molar-refractivity contribution in [3.8, 4) is 6.07 Å². The molecule has 2 heteroatoms. The van der Waals surface area contributed by atoms with Gasteiger partial charge in [-0.15, -0.1) is 0 Å². The average Bonchev–Trinajstić information content (AvgIpc) is 2.86. The number of rotatable bonds is 1. The van der Waals surface area contributed by atoms with E-state index < -0.39 is 11.0 Å². The predicted molar refractivity (Wildman–Crippen MR) is 79.0 cm³/mol. The average molecular weight is 269 g/mol. The highest BCUT2D eigenvalue weighted by molar-refractivity contribution is 5.40. The normalized spacial score (nSPS) is 33.6. The van der Waals surface area contributed by atoms with Crippen LogP contribution in [-0.4, -0.2) is 10.7 Å². The topological polar surface area (TPSA) is 44.0 Å². The molecule has 1 aromatic carbocycles. The van der Waals surface area contributed by atoms with E-state index in [9.17, 15) is 10.4 Å². The van der Waals surface area contributed by atoms with Gasteiger partial charge in [0, 0.05) is 0 Å². The first kappa shape index (κ1) is 13.6. The van der Waals surface area contributed by atoms with Crippen molar-refractivity contribution in [2.45, 2.75) is 52.1 Å². The Morgan fingerprint density at radius 1 is 1.20 bits per heavy atom. The molecule has 0 aromatic heterocycles. The molecule has 1 saturated carbocycles. The summed E-state index contributed by atoms with van der Waals surface area (Å²) in [6, 6.07) is 10.8. The van der Waals surface area contributed by atoms with Crippen LogP contribution >= 0.6 is 0 Å². The zero-order valence-corrected chi connectivity index (χ0v) is 12.6. The molecule has 0 heterocycles. The van der Waals surface area contributed by atoms with Gasteiger partial charge in [0.1, 0.15) is 0 Å². The lowest BCUT2D eigenvalue weighted by molar-refractivity contribution is -0.0809. The van der Waals surface area contributed by atoms with Gasteiger partial charge in [0.05, 0.1) is 17.1 Å². The molecule has 2 nitrogen and oxygen atoms in total. The second-order valence-electron chi connectivity index (χ2n) is 7.69. The fourth-order valence-electron chi connectivity index (χ4n) is 4.71. The molecule has 0 bridgehead atoms. The number of aliphatic hydroxyl groups is 1. The summed E-state index contributed by atoms with van der Waals surface area (Å²) in [6.07, 6.45) is 3.10. The molecule has 1 fully saturated rings. The summed E-state index contributed by atoms with van der Waals surface area (Å²) in [5, 5.41) is 21.3. The zero-order valence-electron chi connectivity index (χ0n) is 12.6. The number of benzene rings is 1. The third-order valence-electron chi connectivity index (χ3n) is 5.57. The lowest BCUT2D eigenvalue weighted by atomic mass is 9.65. The van der Waals surface area contributed by atoms with Gasteiger partial charge in [-0.2, -0.15) is 5.26 Å². The molecule has 2 atom stereocenters. The van der Waals surface area contributed by atoms with Crippen LogP contribution in [0.2, 0.25) is 0 Å². The summed E-state index contributed by atoms with van der Waals surface area (Å²) < 4.78 is 0. The van der Waals surface area contributed by atoms with Crippen molar-refractivity contribution in [3.63, 3.8) is 0 Å². The van der Waals surface area contributed by atoms with Crippen molar-refractivity contribution < 1.29 is 5.11 Å². The van der Waals surface area contributed by atoms with Gasteiger partial charge in [-0.25, -0.2) is 0 Å². The van der Waals surface area contributed by atoms with Crippen LogP contribution in [0.25, 0.3) is 0 Å². The number of nitriles is 1. The van der Waals surface area contributed by atoms with Crippen molar-refractivity contribution in [2.24, 2.45) is 16.7 Å². The van der Waals surface area contributed by atoms with E-state index in [4.69, 9.17) is 0 Å². The van der Waals surface area contributed by atoms with Gasteiger partial charge >= 0.3 is 0 Å². The van der Waals surface area contributed by atoms with Crippen LogP contribution in [0.5, 0.6) is 0 Å². The Balaban J connectivity index is 2.03. The Hall–Kier alpha value is -1.33. The summed E-state index contributed by atoms with van der Waals surface area (Å²) in [4.78, 5) is 0. The van der Waals surface area contributed by atoms with Crippen LogP contribution in [0, 0.1) is 28.1 Å². The fourth-order valence-corrected chi connectivity index (χ4v) is 4.71. The first-order valence-corrected chi connectivity index (χ1v) is 7.52. The van der Waals surface area contributed by atoms with Gasteiger partial charge in [0.2, 0.25) is 0 Å². The SMILES string of the molecule is CC1CC(C)(C)CC1(O)C1(C#N)Cc2ccccc2C1. The molecule has 2 aliphatic carbocycles.